The fourth-order valence-electron chi connectivity index (χ4n) is 2.50. The number of hydrogen-bond donors (Lipinski definition) is 1. The third-order valence-electron chi connectivity index (χ3n) is 3.46. The molecule has 3 heteroatoms. The first kappa shape index (κ1) is 12.1. The van der Waals surface area contributed by atoms with Gasteiger partial charge in [0.15, 0.2) is 0 Å². The van der Waals surface area contributed by atoms with Crippen molar-refractivity contribution in [3.05, 3.63) is 28.5 Å². The smallest absolute Gasteiger partial charge is 0.0572 e. The maximum atomic E-state index is 9.97. The van der Waals surface area contributed by atoms with Crippen molar-refractivity contribution in [1.82, 2.24) is 4.98 Å². The molecule has 1 heterocycles. The monoisotopic (exact) mass is 283 g/mol. The number of rotatable bonds is 2. The SMILES string of the molecule is CC1CCC(O)C(Cc2ccc(Br)cn2)C1. The summed E-state index contributed by atoms with van der Waals surface area (Å²) in [5.74, 6) is 1.13. The second-order valence-electron chi connectivity index (χ2n) is 4.92. The van der Waals surface area contributed by atoms with E-state index in [2.05, 4.69) is 27.8 Å². The summed E-state index contributed by atoms with van der Waals surface area (Å²) >= 11 is 3.38. The molecule has 0 spiro atoms. The second kappa shape index (κ2) is 5.28. The highest BCUT2D eigenvalue weighted by atomic mass is 79.9. The van der Waals surface area contributed by atoms with Crippen molar-refractivity contribution in [2.45, 2.75) is 38.7 Å². The number of aliphatic hydroxyl groups excluding tert-OH is 1. The standard InChI is InChI=1S/C13H18BrNO/c1-9-2-5-13(16)10(6-9)7-12-4-3-11(14)8-15-12/h3-4,8-10,13,16H,2,5-7H2,1H3. The minimum Gasteiger partial charge on any atom is -0.393 e. The van der Waals surface area contributed by atoms with Crippen LogP contribution in [0.25, 0.3) is 0 Å². The lowest BCUT2D eigenvalue weighted by molar-refractivity contribution is 0.0515. The van der Waals surface area contributed by atoms with Crippen LogP contribution < -0.4 is 0 Å². The van der Waals surface area contributed by atoms with E-state index in [1.807, 2.05) is 18.3 Å². The van der Waals surface area contributed by atoms with Gasteiger partial charge in [0.2, 0.25) is 0 Å². The molecule has 3 atom stereocenters. The van der Waals surface area contributed by atoms with E-state index in [4.69, 9.17) is 0 Å². The third kappa shape index (κ3) is 3.05. The van der Waals surface area contributed by atoms with Gasteiger partial charge >= 0.3 is 0 Å². The zero-order valence-electron chi connectivity index (χ0n) is 9.56. The fraction of sp³-hybridized carbons (Fsp3) is 0.615. The summed E-state index contributed by atoms with van der Waals surface area (Å²) in [6.07, 6.45) is 5.82. The maximum absolute atomic E-state index is 9.97. The summed E-state index contributed by atoms with van der Waals surface area (Å²) in [4.78, 5) is 4.37. The lowest BCUT2D eigenvalue weighted by Crippen LogP contribution is -2.29. The Morgan fingerprint density at radius 3 is 2.94 bits per heavy atom. The number of nitrogens with zero attached hydrogens (tertiary/aromatic N) is 1. The fourth-order valence-corrected chi connectivity index (χ4v) is 2.73. The zero-order valence-corrected chi connectivity index (χ0v) is 11.2. The third-order valence-corrected chi connectivity index (χ3v) is 3.93. The van der Waals surface area contributed by atoms with Crippen molar-refractivity contribution in [3.8, 4) is 0 Å². The van der Waals surface area contributed by atoms with E-state index in [0.29, 0.717) is 5.92 Å². The summed E-state index contributed by atoms with van der Waals surface area (Å²) in [5.41, 5.74) is 1.08. The molecule has 0 aliphatic heterocycles. The number of halogens is 1. The maximum Gasteiger partial charge on any atom is 0.0572 e. The largest absolute Gasteiger partial charge is 0.393 e. The molecule has 16 heavy (non-hydrogen) atoms. The van der Waals surface area contributed by atoms with Crippen molar-refractivity contribution in [2.75, 3.05) is 0 Å². The van der Waals surface area contributed by atoms with Gasteiger partial charge < -0.3 is 5.11 Å². The molecule has 1 aromatic rings. The van der Waals surface area contributed by atoms with E-state index in [1.54, 1.807) is 0 Å². The molecular formula is C13H18BrNO. The molecule has 0 saturated heterocycles. The Kier molecular flexibility index (Phi) is 3.98. The molecule has 2 rings (SSSR count). The van der Waals surface area contributed by atoms with Gasteiger partial charge in [-0.15, -0.1) is 0 Å². The molecule has 88 valence electrons. The Morgan fingerprint density at radius 1 is 1.44 bits per heavy atom. The van der Waals surface area contributed by atoms with E-state index < -0.39 is 0 Å². The molecule has 0 aromatic carbocycles. The average Bonchev–Trinajstić information content (AvgIpc) is 2.27. The van der Waals surface area contributed by atoms with Crippen LogP contribution in [0.4, 0.5) is 0 Å². The first-order chi connectivity index (χ1) is 7.65. The highest BCUT2D eigenvalue weighted by Crippen LogP contribution is 2.31. The molecule has 1 N–H and O–H groups in total. The van der Waals surface area contributed by atoms with Gasteiger partial charge in [-0.3, -0.25) is 4.98 Å². The summed E-state index contributed by atoms with van der Waals surface area (Å²) < 4.78 is 1.01. The predicted molar refractivity (Wildman–Crippen MR) is 68.2 cm³/mol. The summed E-state index contributed by atoms with van der Waals surface area (Å²) in [6, 6.07) is 4.05. The van der Waals surface area contributed by atoms with E-state index >= 15 is 0 Å². The van der Waals surface area contributed by atoms with Crippen LogP contribution in [0, 0.1) is 11.8 Å². The molecule has 0 radical (unpaired) electrons. The number of pyridine rings is 1. The van der Waals surface area contributed by atoms with Crippen molar-refractivity contribution in [2.24, 2.45) is 11.8 Å². The minimum absolute atomic E-state index is 0.137. The summed E-state index contributed by atoms with van der Waals surface area (Å²) in [7, 11) is 0. The van der Waals surface area contributed by atoms with Crippen LogP contribution in [0.15, 0.2) is 22.8 Å². The quantitative estimate of drug-likeness (QED) is 0.904. The lowest BCUT2D eigenvalue weighted by atomic mass is 9.78. The zero-order chi connectivity index (χ0) is 11.5. The number of aliphatic hydroxyl groups is 1. The van der Waals surface area contributed by atoms with Gasteiger partial charge in [0.1, 0.15) is 0 Å². The van der Waals surface area contributed by atoms with E-state index in [0.717, 1.165) is 41.8 Å². The van der Waals surface area contributed by atoms with Crippen molar-refractivity contribution < 1.29 is 5.11 Å². The molecule has 2 nitrogen and oxygen atoms in total. The van der Waals surface area contributed by atoms with Crippen molar-refractivity contribution in [1.29, 1.82) is 0 Å². The molecule has 1 aliphatic carbocycles. The van der Waals surface area contributed by atoms with E-state index in [-0.39, 0.29) is 6.10 Å². The van der Waals surface area contributed by atoms with Crippen LogP contribution in [0.5, 0.6) is 0 Å². The van der Waals surface area contributed by atoms with Gasteiger partial charge in [0.25, 0.3) is 0 Å². The van der Waals surface area contributed by atoms with Gasteiger partial charge in [-0.05, 0) is 65.6 Å². The first-order valence-corrected chi connectivity index (χ1v) is 6.73. The molecule has 3 unspecified atom stereocenters. The Morgan fingerprint density at radius 2 is 2.25 bits per heavy atom. The van der Waals surface area contributed by atoms with Crippen LogP contribution >= 0.6 is 15.9 Å². The molecule has 0 amide bonds. The Hall–Kier alpha value is -0.410. The van der Waals surface area contributed by atoms with Crippen LogP contribution in [0.1, 0.15) is 31.9 Å². The topological polar surface area (TPSA) is 33.1 Å². The highest BCUT2D eigenvalue weighted by Gasteiger charge is 2.27. The molecule has 1 fully saturated rings. The van der Waals surface area contributed by atoms with Gasteiger partial charge in [-0.1, -0.05) is 6.92 Å². The van der Waals surface area contributed by atoms with E-state index in [1.165, 1.54) is 0 Å². The molecule has 1 saturated carbocycles. The van der Waals surface area contributed by atoms with Gasteiger partial charge in [0, 0.05) is 16.4 Å². The Balaban J connectivity index is 2.00. The highest BCUT2D eigenvalue weighted by molar-refractivity contribution is 9.10. The van der Waals surface area contributed by atoms with Gasteiger partial charge in [0.05, 0.1) is 6.10 Å². The van der Waals surface area contributed by atoms with Crippen molar-refractivity contribution in [3.63, 3.8) is 0 Å². The van der Waals surface area contributed by atoms with Crippen molar-refractivity contribution >= 4 is 15.9 Å². The minimum atomic E-state index is -0.137. The Bertz CT molecular complexity index is 338. The first-order valence-electron chi connectivity index (χ1n) is 5.93. The summed E-state index contributed by atoms with van der Waals surface area (Å²) in [6.45, 7) is 2.27. The van der Waals surface area contributed by atoms with Crippen LogP contribution in [0.3, 0.4) is 0 Å². The predicted octanol–water partition coefficient (Wildman–Crippen LogP) is 3.18. The molecule has 1 aliphatic rings. The van der Waals surface area contributed by atoms with Crippen LogP contribution in [-0.2, 0) is 6.42 Å². The lowest BCUT2D eigenvalue weighted by Gasteiger charge is -2.31. The van der Waals surface area contributed by atoms with Gasteiger partial charge in [-0.2, -0.15) is 0 Å². The normalized spacial score (nSPS) is 30.3. The molecule has 1 aromatic heterocycles. The molecule has 0 bridgehead atoms. The number of hydrogen-bond acceptors (Lipinski definition) is 2. The van der Waals surface area contributed by atoms with Crippen LogP contribution in [-0.4, -0.2) is 16.2 Å². The second-order valence-corrected chi connectivity index (χ2v) is 5.83. The Labute approximate surface area is 105 Å². The molecular weight excluding hydrogens is 266 g/mol. The summed E-state index contributed by atoms with van der Waals surface area (Å²) in [5, 5.41) is 9.97. The van der Waals surface area contributed by atoms with Gasteiger partial charge in [-0.25, -0.2) is 0 Å². The van der Waals surface area contributed by atoms with E-state index in [9.17, 15) is 5.11 Å². The number of aromatic nitrogens is 1. The average molecular weight is 284 g/mol. The van der Waals surface area contributed by atoms with Crippen LogP contribution in [0.2, 0.25) is 0 Å².